The monoisotopic (exact) mass is 366 g/mol. The molecule has 0 saturated heterocycles. The molecular formula is C21H26N4O2. The molecule has 2 aromatic rings. The SMILES string of the molecule is CCC(=O)N1c2ccccc2[C@H](Nc2ccc(NC(=O)CN)cc2)C[C@@H]1C. The van der Waals surface area contributed by atoms with Gasteiger partial charge in [0.1, 0.15) is 0 Å². The summed E-state index contributed by atoms with van der Waals surface area (Å²) < 4.78 is 0. The van der Waals surface area contributed by atoms with E-state index in [1.807, 2.05) is 54.3 Å². The molecule has 3 rings (SSSR count). The molecule has 0 spiro atoms. The van der Waals surface area contributed by atoms with Crippen molar-refractivity contribution in [2.75, 3.05) is 22.1 Å². The van der Waals surface area contributed by atoms with Crippen LogP contribution in [0, 0.1) is 0 Å². The minimum atomic E-state index is -0.216. The molecule has 0 aromatic heterocycles. The standard InChI is InChI=1S/C21H26N4O2/c1-3-21(27)25-14(2)12-18(17-6-4-5-7-19(17)25)23-15-8-10-16(11-9-15)24-20(26)13-22/h4-11,14,18,23H,3,12-13,22H2,1-2H3,(H,24,26)/t14-,18+/m0/s1. The lowest BCUT2D eigenvalue weighted by Crippen LogP contribution is -2.44. The Labute approximate surface area is 159 Å². The Balaban J connectivity index is 1.81. The second-order valence-electron chi connectivity index (χ2n) is 6.79. The maximum absolute atomic E-state index is 12.4. The van der Waals surface area contributed by atoms with Gasteiger partial charge in [0.2, 0.25) is 11.8 Å². The summed E-state index contributed by atoms with van der Waals surface area (Å²) in [5.74, 6) is -0.0696. The van der Waals surface area contributed by atoms with Crippen LogP contribution in [0.4, 0.5) is 17.1 Å². The summed E-state index contributed by atoms with van der Waals surface area (Å²) in [6.45, 7) is 3.94. The van der Waals surface area contributed by atoms with Gasteiger partial charge in [0, 0.05) is 29.5 Å². The predicted octanol–water partition coefficient (Wildman–Crippen LogP) is 3.27. The highest BCUT2D eigenvalue weighted by atomic mass is 16.2. The molecule has 6 heteroatoms. The average molecular weight is 366 g/mol. The van der Waals surface area contributed by atoms with Gasteiger partial charge in [-0.1, -0.05) is 25.1 Å². The van der Waals surface area contributed by atoms with Crippen LogP contribution < -0.4 is 21.3 Å². The number of hydrogen-bond acceptors (Lipinski definition) is 4. The second-order valence-corrected chi connectivity index (χ2v) is 6.79. The van der Waals surface area contributed by atoms with Crippen molar-refractivity contribution in [1.29, 1.82) is 0 Å². The lowest BCUT2D eigenvalue weighted by atomic mass is 9.91. The highest BCUT2D eigenvalue weighted by Crippen LogP contribution is 2.39. The zero-order valence-corrected chi connectivity index (χ0v) is 15.7. The number of nitrogens with two attached hydrogens (primary N) is 1. The van der Waals surface area contributed by atoms with E-state index in [0.717, 1.165) is 23.4 Å². The first-order valence-corrected chi connectivity index (χ1v) is 9.31. The van der Waals surface area contributed by atoms with Crippen molar-refractivity contribution in [3.05, 3.63) is 54.1 Å². The number of hydrogen-bond donors (Lipinski definition) is 3. The molecule has 1 aliphatic rings. The van der Waals surface area contributed by atoms with E-state index in [2.05, 4.69) is 23.6 Å². The van der Waals surface area contributed by atoms with E-state index >= 15 is 0 Å². The molecule has 2 atom stereocenters. The molecule has 0 saturated carbocycles. The Morgan fingerprint density at radius 2 is 1.78 bits per heavy atom. The Bertz CT molecular complexity index is 819. The van der Waals surface area contributed by atoms with Crippen molar-refractivity contribution in [3.63, 3.8) is 0 Å². The topological polar surface area (TPSA) is 87.5 Å². The molecule has 142 valence electrons. The molecule has 0 fully saturated rings. The van der Waals surface area contributed by atoms with Gasteiger partial charge in [-0.15, -0.1) is 0 Å². The van der Waals surface area contributed by atoms with E-state index in [4.69, 9.17) is 5.73 Å². The Hall–Kier alpha value is -2.86. The van der Waals surface area contributed by atoms with Crippen molar-refractivity contribution in [1.82, 2.24) is 0 Å². The number of anilines is 3. The van der Waals surface area contributed by atoms with Crippen molar-refractivity contribution in [3.8, 4) is 0 Å². The molecule has 4 N–H and O–H groups in total. The first-order chi connectivity index (χ1) is 13.0. The third kappa shape index (κ3) is 4.11. The molecule has 0 aliphatic carbocycles. The minimum Gasteiger partial charge on any atom is -0.378 e. The molecule has 0 radical (unpaired) electrons. The maximum atomic E-state index is 12.4. The van der Waals surface area contributed by atoms with Gasteiger partial charge in [0.05, 0.1) is 12.6 Å². The molecule has 2 amide bonds. The first kappa shape index (κ1) is 18.9. The number of benzene rings is 2. The summed E-state index contributed by atoms with van der Waals surface area (Å²) in [7, 11) is 0. The summed E-state index contributed by atoms with van der Waals surface area (Å²) in [6, 6.07) is 15.9. The van der Waals surface area contributed by atoms with Gasteiger partial charge < -0.3 is 21.3 Å². The number of nitrogens with zero attached hydrogens (tertiary/aromatic N) is 1. The Kier molecular flexibility index (Phi) is 5.76. The van der Waals surface area contributed by atoms with Gasteiger partial charge in [0.25, 0.3) is 0 Å². The average Bonchev–Trinajstić information content (AvgIpc) is 2.69. The second kappa shape index (κ2) is 8.22. The fourth-order valence-electron chi connectivity index (χ4n) is 3.56. The third-order valence-corrected chi connectivity index (χ3v) is 4.86. The normalized spacial score (nSPS) is 18.6. The van der Waals surface area contributed by atoms with Crippen LogP contribution in [0.3, 0.4) is 0 Å². The molecular weight excluding hydrogens is 340 g/mol. The van der Waals surface area contributed by atoms with Crippen molar-refractivity contribution in [2.45, 2.75) is 38.8 Å². The van der Waals surface area contributed by atoms with E-state index in [1.54, 1.807) is 0 Å². The van der Waals surface area contributed by atoms with Crippen molar-refractivity contribution >= 4 is 28.9 Å². The van der Waals surface area contributed by atoms with Gasteiger partial charge in [0.15, 0.2) is 0 Å². The minimum absolute atomic E-state index is 0.0380. The maximum Gasteiger partial charge on any atom is 0.238 e. The summed E-state index contributed by atoms with van der Waals surface area (Å²) >= 11 is 0. The number of amides is 2. The number of fused-ring (bicyclic) bond motifs is 1. The highest BCUT2D eigenvalue weighted by molar-refractivity contribution is 5.95. The van der Waals surface area contributed by atoms with Crippen LogP contribution in [0.5, 0.6) is 0 Å². The van der Waals surface area contributed by atoms with E-state index in [0.29, 0.717) is 12.1 Å². The van der Waals surface area contributed by atoms with Crippen LogP contribution in [0.15, 0.2) is 48.5 Å². The molecule has 2 aromatic carbocycles. The number of para-hydroxylation sites is 1. The van der Waals surface area contributed by atoms with Crippen LogP contribution >= 0.6 is 0 Å². The Morgan fingerprint density at radius 1 is 1.11 bits per heavy atom. The van der Waals surface area contributed by atoms with Crippen LogP contribution in [0.2, 0.25) is 0 Å². The third-order valence-electron chi connectivity index (χ3n) is 4.86. The zero-order valence-electron chi connectivity index (χ0n) is 15.7. The van der Waals surface area contributed by atoms with Gasteiger partial charge in [-0.25, -0.2) is 0 Å². The Morgan fingerprint density at radius 3 is 2.44 bits per heavy atom. The van der Waals surface area contributed by atoms with Crippen molar-refractivity contribution in [2.24, 2.45) is 5.73 Å². The molecule has 0 bridgehead atoms. The van der Waals surface area contributed by atoms with Crippen LogP contribution in [0.25, 0.3) is 0 Å². The lowest BCUT2D eigenvalue weighted by Gasteiger charge is -2.40. The summed E-state index contributed by atoms with van der Waals surface area (Å²) in [5, 5.41) is 6.30. The zero-order chi connectivity index (χ0) is 19.4. The largest absolute Gasteiger partial charge is 0.378 e. The fraction of sp³-hybridized carbons (Fsp3) is 0.333. The van der Waals surface area contributed by atoms with Gasteiger partial charge in [-0.2, -0.15) is 0 Å². The predicted molar refractivity (Wildman–Crippen MR) is 109 cm³/mol. The lowest BCUT2D eigenvalue weighted by molar-refractivity contribution is -0.119. The van der Waals surface area contributed by atoms with Crippen LogP contribution in [-0.2, 0) is 9.59 Å². The quantitative estimate of drug-likeness (QED) is 0.758. The van der Waals surface area contributed by atoms with E-state index in [9.17, 15) is 9.59 Å². The summed E-state index contributed by atoms with van der Waals surface area (Å²) in [4.78, 5) is 25.7. The molecule has 1 heterocycles. The number of carbonyl (C=O) groups is 2. The summed E-state index contributed by atoms with van der Waals surface area (Å²) in [6.07, 6.45) is 1.32. The number of rotatable bonds is 5. The van der Waals surface area contributed by atoms with Gasteiger partial charge in [-0.3, -0.25) is 9.59 Å². The van der Waals surface area contributed by atoms with Gasteiger partial charge in [-0.05, 0) is 49.2 Å². The highest BCUT2D eigenvalue weighted by Gasteiger charge is 2.32. The molecule has 1 aliphatic heterocycles. The van der Waals surface area contributed by atoms with E-state index in [1.165, 1.54) is 0 Å². The molecule has 0 unspecified atom stereocenters. The van der Waals surface area contributed by atoms with Crippen LogP contribution in [0.1, 0.15) is 38.3 Å². The summed E-state index contributed by atoms with van der Waals surface area (Å²) in [5.41, 5.74) is 9.10. The van der Waals surface area contributed by atoms with Gasteiger partial charge >= 0.3 is 0 Å². The first-order valence-electron chi connectivity index (χ1n) is 9.31. The smallest absolute Gasteiger partial charge is 0.238 e. The fourth-order valence-corrected chi connectivity index (χ4v) is 3.56. The van der Waals surface area contributed by atoms with E-state index in [-0.39, 0.29) is 30.4 Å². The van der Waals surface area contributed by atoms with Crippen LogP contribution in [-0.4, -0.2) is 24.4 Å². The molecule has 27 heavy (non-hydrogen) atoms. The molecule has 6 nitrogen and oxygen atoms in total. The van der Waals surface area contributed by atoms with E-state index < -0.39 is 0 Å². The number of nitrogens with one attached hydrogen (secondary N) is 2. The number of carbonyl (C=O) groups excluding carboxylic acids is 2. The van der Waals surface area contributed by atoms with Crippen molar-refractivity contribution < 1.29 is 9.59 Å².